The van der Waals surface area contributed by atoms with Gasteiger partial charge >= 0.3 is 0 Å². The van der Waals surface area contributed by atoms with Gasteiger partial charge < -0.3 is 15.0 Å². The highest BCUT2D eigenvalue weighted by Crippen LogP contribution is 2.44. The minimum absolute atomic E-state index is 0.0115. The van der Waals surface area contributed by atoms with Crippen molar-refractivity contribution in [2.24, 2.45) is 10.4 Å². The molecular formula is C27H35N3OS. The molecule has 0 unspecified atom stereocenters. The number of para-hydroxylation sites is 1. The fraction of sp³-hybridized carbons (Fsp3) is 0.481. The Bertz CT molecular complexity index is 946. The van der Waals surface area contributed by atoms with Crippen molar-refractivity contribution >= 4 is 23.2 Å². The summed E-state index contributed by atoms with van der Waals surface area (Å²) in [6.45, 7) is 9.49. The zero-order chi connectivity index (χ0) is 22.8. The van der Waals surface area contributed by atoms with Crippen molar-refractivity contribution in [2.45, 2.75) is 71.0 Å². The molecule has 2 aliphatic rings. The van der Waals surface area contributed by atoms with E-state index >= 15 is 0 Å². The lowest BCUT2D eigenvalue weighted by Crippen LogP contribution is -2.49. The molecule has 1 saturated heterocycles. The molecule has 2 atom stereocenters. The van der Waals surface area contributed by atoms with Gasteiger partial charge in [-0.2, -0.15) is 0 Å². The molecule has 4 rings (SSSR count). The van der Waals surface area contributed by atoms with Gasteiger partial charge in [0.15, 0.2) is 5.11 Å². The molecular weight excluding hydrogens is 414 g/mol. The van der Waals surface area contributed by atoms with E-state index in [0.717, 1.165) is 29.5 Å². The van der Waals surface area contributed by atoms with Crippen LogP contribution in [0.15, 0.2) is 65.7 Å². The van der Waals surface area contributed by atoms with Crippen LogP contribution in [0.5, 0.6) is 5.75 Å². The summed E-state index contributed by atoms with van der Waals surface area (Å²) in [6.07, 6.45) is 4.54. The maximum Gasteiger partial charge on any atom is 0.175 e. The van der Waals surface area contributed by atoms with Gasteiger partial charge in [-0.25, -0.2) is 0 Å². The molecule has 170 valence electrons. The molecule has 0 radical (unpaired) electrons. The van der Waals surface area contributed by atoms with Crippen LogP contribution in [0.3, 0.4) is 0 Å². The first-order valence-electron chi connectivity index (χ1n) is 11.7. The summed E-state index contributed by atoms with van der Waals surface area (Å²) in [6, 6.07) is 20.9. The van der Waals surface area contributed by atoms with Gasteiger partial charge in [0, 0.05) is 0 Å². The Labute approximate surface area is 198 Å². The maximum atomic E-state index is 6.15. The smallest absolute Gasteiger partial charge is 0.175 e. The normalized spacial score (nSPS) is 21.1. The number of aliphatic imine (C=N–C) groups is 1. The zero-order valence-electron chi connectivity index (χ0n) is 19.7. The van der Waals surface area contributed by atoms with Gasteiger partial charge in [0.05, 0.1) is 12.1 Å². The zero-order valence-corrected chi connectivity index (χ0v) is 20.5. The van der Waals surface area contributed by atoms with E-state index in [9.17, 15) is 0 Å². The summed E-state index contributed by atoms with van der Waals surface area (Å²) in [7, 11) is 0. The molecule has 1 heterocycles. The average Bonchev–Trinajstić information content (AvgIpc) is 3.36. The Hall–Kier alpha value is -2.40. The van der Waals surface area contributed by atoms with E-state index in [2.05, 4.69) is 68.2 Å². The molecule has 1 saturated carbocycles. The van der Waals surface area contributed by atoms with Crippen LogP contribution in [-0.4, -0.2) is 34.0 Å². The van der Waals surface area contributed by atoms with E-state index < -0.39 is 0 Å². The topological polar surface area (TPSA) is 36.9 Å². The van der Waals surface area contributed by atoms with Crippen LogP contribution in [0.2, 0.25) is 0 Å². The third-order valence-electron chi connectivity index (χ3n) is 6.88. The molecule has 1 aliphatic heterocycles. The van der Waals surface area contributed by atoms with Crippen molar-refractivity contribution in [3.63, 3.8) is 0 Å². The number of nitrogens with one attached hydrogen (secondary N) is 1. The minimum atomic E-state index is -0.150. The summed E-state index contributed by atoms with van der Waals surface area (Å²) < 4.78 is 6.15. The van der Waals surface area contributed by atoms with Gasteiger partial charge in [-0.3, -0.25) is 4.99 Å². The van der Waals surface area contributed by atoms with E-state index in [1.807, 2.05) is 30.3 Å². The van der Waals surface area contributed by atoms with Gasteiger partial charge in [-0.1, -0.05) is 82.1 Å². The van der Waals surface area contributed by atoms with Gasteiger partial charge in [0.1, 0.15) is 23.7 Å². The number of rotatable bonds is 6. The number of amidine groups is 1. The molecule has 2 aromatic rings. The van der Waals surface area contributed by atoms with Crippen molar-refractivity contribution in [1.29, 1.82) is 0 Å². The van der Waals surface area contributed by atoms with E-state index in [4.69, 9.17) is 21.9 Å². The highest BCUT2D eigenvalue weighted by atomic mass is 32.1. The Morgan fingerprint density at radius 1 is 1.03 bits per heavy atom. The average molecular weight is 450 g/mol. The molecule has 1 N–H and O–H groups in total. The quantitative estimate of drug-likeness (QED) is 0.537. The highest BCUT2D eigenvalue weighted by molar-refractivity contribution is 7.80. The summed E-state index contributed by atoms with van der Waals surface area (Å²) in [5.74, 6) is 1.91. The summed E-state index contributed by atoms with van der Waals surface area (Å²) >= 11 is 5.89. The van der Waals surface area contributed by atoms with Crippen LogP contribution >= 0.6 is 12.2 Å². The molecule has 5 heteroatoms. The monoisotopic (exact) mass is 449 g/mol. The van der Waals surface area contributed by atoms with Gasteiger partial charge in [0.2, 0.25) is 0 Å². The lowest BCUT2D eigenvalue weighted by atomic mass is 9.86. The molecule has 4 nitrogen and oxygen atoms in total. The van der Waals surface area contributed by atoms with Crippen molar-refractivity contribution < 1.29 is 4.74 Å². The second-order valence-electron chi connectivity index (χ2n) is 10.1. The maximum absolute atomic E-state index is 6.15. The molecule has 0 bridgehead atoms. The molecule has 0 amide bonds. The lowest BCUT2D eigenvalue weighted by molar-refractivity contribution is 0.198. The predicted molar refractivity (Wildman–Crippen MR) is 136 cm³/mol. The van der Waals surface area contributed by atoms with Crippen LogP contribution in [0.25, 0.3) is 0 Å². The highest BCUT2D eigenvalue weighted by Gasteiger charge is 2.52. The van der Waals surface area contributed by atoms with Gasteiger partial charge in [-0.15, -0.1) is 0 Å². The second-order valence-corrected chi connectivity index (χ2v) is 10.5. The number of benzene rings is 2. The SMILES string of the molecule is C[C@H](c1ccccc1)N1C(=S)NC(=N[C@H](COc2ccccc2)C(C)(C)C)C12CCCC2. The first-order chi connectivity index (χ1) is 15.3. The second kappa shape index (κ2) is 9.22. The Morgan fingerprint density at radius 3 is 2.22 bits per heavy atom. The van der Waals surface area contributed by atoms with Crippen LogP contribution in [0.4, 0.5) is 0 Å². The van der Waals surface area contributed by atoms with Crippen LogP contribution in [0.1, 0.15) is 65.0 Å². The van der Waals surface area contributed by atoms with E-state index in [1.165, 1.54) is 18.4 Å². The minimum Gasteiger partial charge on any atom is -0.491 e. The number of hydrogen-bond acceptors (Lipinski definition) is 3. The molecule has 0 aromatic heterocycles. The fourth-order valence-corrected chi connectivity index (χ4v) is 5.36. The largest absolute Gasteiger partial charge is 0.491 e. The van der Waals surface area contributed by atoms with Gasteiger partial charge in [-0.05, 0) is 55.1 Å². The third kappa shape index (κ3) is 4.54. The van der Waals surface area contributed by atoms with Crippen molar-refractivity contribution in [2.75, 3.05) is 6.61 Å². The van der Waals surface area contributed by atoms with E-state index in [-0.39, 0.29) is 23.0 Å². The third-order valence-corrected chi connectivity index (χ3v) is 7.18. The lowest BCUT2D eigenvalue weighted by Gasteiger charge is -2.40. The Balaban J connectivity index is 1.65. The van der Waals surface area contributed by atoms with Crippen LogP contribution in [0, 0.1) is 5.41 Å². The van der Waals surface area contributed by atoms with Crippen molar-refractivity contribution in [3.8, 4) is 5.75 Å². The molecule has 2 fully saturated rings. The number of nitrogens with zero attached hydrogens (tertiary/aromatic N) is 2. The number of hydrogen-bond donors (Lipinski definition) is 1. The molecule has 32 heavy (non-hydrogen) atoms. The summed E-state index contributed by atoms with van der Waals surface area (Å²) in [4.78, 5) is 7.74. The summed E-state index contributed by atoms with van der Waals surface area (Å²) in [5.41, 5.74) is 1.09. The van der Waals surface area contributed by atoms with Crippen molar-refractivity contribution in [3.05, 3.63) is 66.2 Å². The Kier molecular flexibility index (Phi) is 6.57. The fourth-order valence-electron chi connectivity index (χ4n) is 4.93. The first kappa shape index (κ1) is 22.8. The van der Waals surface area contributed by atoms with E-state index in [1.54, 1.807) is 0 Å². The molecule has 1 aliphatic carbocycles. The standard InChI is InChI=1S/C27H35N3OS/c1-20(21-13-7-5-8-14-21)30-25(32)29-24(27(30)17-11-12-18-27)28-23(26(2,3)4)19-31-22-15-9-6-10-16-22/h5-10,13-16,20,23H,11-12,17-19H2,1-4H3,(H,28,29,32)/t20-,23-/m1/s1. The molecule has 2 aromatic carbocycles. The Morgan fingerprint density at radius 2 is 1.62 bits per heavy atom. The molecule has 1 spiro atoms. The van der Waals surface area contributed by atoms with Crippen molar-refractivity contribution in [1.82, 2.24) is 10.2 Å². The summed E-state index contributed by atoms with van der Waals surface area (Å²) in [5, 5.41) is 4.33. The first-order valence-corrected chi connectivity index (χ1v) is 12.1. The number of ether oxygens (including phenoxy) is 1. The van der Waals surface area contributed by atoms with Gasteiger partial charge in [0.25, 0.3) is 0 Å². The van der Waals surface area contributed by atoms with Crippen LogP contribution in [-0.2, 0) is 0 Å². The van der Waals surface area contributed by atoms with Crippen LogP contribution < -0.4 is 10.1 Å². The van der Waals surface area contributed by atoms with E-state index in [0.29, 0.717) is 6.61 Å². The predicted octanol–water partition coefficient (Wildman–Crippen LogP) is 6.14. The number of thiocarbonyl (C=S) groups is 1.